The Morgan fingerprint density at radius 3 is 2.46 bits per heavy atom. The summed E-state index contributed by atoms with van der Waals surface area (Å²) in [6, 6.07) is 16.2. The first-order valence-electron chi connectivity index (χ1n) is 30.2. The number of nitrogens with zero attached hydrogens (tertiary/aromatic N) is 9. The number of rotatable bonds is 29. The van der Waals surface area contributed by atoms with E-state index in [4.69, 9.17) is 74.5 Å². The molecule has 0 bridgehead atoms. The molecule has 11 rings (SSSR count). The molecule has 1 unspecified atom stereocenters. The number of piperidine rings is 1. The molecule has 486 valence electrons. The van der Waals surface area contributed by atoms with E-state index in [1.807, 2.05) is 34.7 Å². The standard InChI is InChI=1S/C60H75ClF4N12O12Si/c1-74-17-15-43(41(62)30-74)68-42-8-7-9-45-38(42)26-46(76(45)34-60(63,64)65)58-69-51(89-73-58)28-44-39(56(66)79)29-75(72-44)18-21-80-22-23-81-33-50(78)67-16-20-83-37-13-11-36(12-14-37)53-40(61)27-47-57(70-53)71-59(77(47)35-82-24-25-90(2,3)4)88-49-32-86-54-48(31-85-55(49)54)87-52-10-5-6-19-84-52/h7-9,11-14,26-27,29,41,43,48-49,52,54-55,68H,5-6,10,15-25,28,30-35H2,1-4H3,(H2,66,79)(H,67,78)/t41-,43+,48+,49+,52?,54+,55+/m0/s1. The van der Waals surface area contributed by atoms with E-state index < -0.39 is 45.0 Å². The van der Waals surface area contributed by atoms with Gasteiger partial charge in [0.2, 0.25) is 17.6 Å². The number of pyridine rings is 1. The number of nitrogens with two attached hydrogens (primary N) is 1. The number of hydrogen-bond acceptors (Lipinski definition) is 19. The minimum atomic E-state index is -4.60. The quantitative estimate of drug-likeness (QED) is 0.0231. The van der Waals surface area contributed by atoms with Gasteiger partial charge in [0.15, 0.2) is 18.0 Å². The van der Waals surface area contributed by atoms with E-state index in [1.54, 1.807) is 30.3 Å². The molecule has 0 radical (unpaired) electrons. The van der Waals surface area contributed by atoms with E-state index in [1.165, 1.54) is 16.9 Å². The van der Waals surface area contributed by atoms with Crippen LogP contribution in [0.5, 0.6) is 11.8 Å². The summed E-state index contributed by atoms with van der Waals surface area (Å²) in [5.41, 5.74) is 9.03. The lowest BCUT2D eigenvalue weighted by Crippen LogP contribution is -2.46. The maximum Gasteiger partial charge on any atom is 0.406 e. The third kappa shape index (κ3) is 16.3. The van der Waals surface area contributed by atoms with Crippen LogP contribution in [-0.2, 0) is 64.2 Å². The maximum atomic E-state index is 15.0. The van der Waals surface area contributed by atoms with E-state index in [0.717, 1.165) is 35.4 Å². The first kappa shape index (κ1) is 64.7. The lowest BCUT2D eigenvalue weighted by molar-refractivity contribution is -0.202. The zero-order valence-corrected chi connectivity index (χ0v) is 52.3. The maximum absolute atomic E-state index is 15.0. The van der Waals surface area contributed by atoms with Crippen molar-refractivity contribution in [3.05, 3.63) is 83.0 Å². The molecule has 24 nitrogen and oxygen atoms in total. The molecule has 4 saturated heterocycles. The number of carbonyl (C=O) groups is 2. The lowest BCUT2D eigenvalue weighted by Gasteiger charge is -2.33. The molecule has 7 atom stereocenters. The Bertz CT molecular complexity index is 3580. The second-order valence-corrected chi connectivity index (χ2v) is 30.1. The highest BCUT2D eigenvalue weighted by Crippen LogP contribution is 2.38. The first-order valence-corrected chi connectivity index (χ1v) is 34.3. The molecule has 30 heteroatoms. The Kier molecular flexibility index (Phi) is 20.7. The van der Waals surface area contributed by atoms with Crippen LogP contribution in [-0.4, -0.2) is 199 Å². The minimum Gasteiger partial charge on any atom is -0.492 e. The number of primary amides is 1. The van der Waals surface area contributed by atoms with E-state index in [2.05, 4.69) is 45.5 Å². The zero-order chi connectivity index (χ0) is 63.1. The summed E-state index contributed by atoms with van der Waals surface area (Å²) in [7, 11) is 0.473. The van der Waals surface area contributed by atoms with Crippen molar-refractivity contribution in [2.45, 2.75) is 127 Å². The van der Waals surface area contributed by atoms with Crippen molar-refractivity contribution < 1.29 is 74.3 Å². The van der Waals surface area contributed by atoms with Crippen molar-refractivity contribution in [3.63, 3.8) is 0 Å². The number of halogens is 5. The van der Waals surface area contributed by atoms with Crippen molar-refractivity contribution in [1.29, 1.82) is 0 Å². The van der Waals surface area contributed by atoms with Gasteiger partial charge in [-0.3, -0.25) is 18.8 Å². The van der Waals surface area contributed by atoms with Gasteiger partial charge >= 0.3 is 12.2 Å². The second-order valence-electron chi connectivity index (χ2n) is 24.0. The summed E-state index contributed by atoms with van der Waals surface area (Å²) in [6.45, 7) is 9.37. The number of imidazole rings is 1. The fourth-order valence-corrected chi connectivity index (χ4v) is 12.3. The van der Waals surface area contributed by atoms with Crippen LogP contribution in [0.25, 0.3) is 44.8 Å². The monoisotopic (exact) mass is 1290 g/mol. The number of likely N-dealkylation sites (tertiary alicyclic amines) is 1. The minimum absolute atomic E-state index is 0.0248. The summed E-state index contributed by atoms with van der Waals surface area (Å²) in [5.74, 6) is -0.715. The predicted octanol–water partition coefficient (Wildman–Crippen LogP) is 7.66. The molecule has 4 aliphatic rings. The van der Waals surface area contributed by atoms with Gasteiger partial charge in [-0.25, -0.2) is 9.37 Å². The Balaban J connectivity index is 0.615. The molecule has 4 fully saturated rings. The number of alkyl halides is 4. The molecule has 0 aliphatic carbocycles. The number of anilines is 1. The predicted molar refractivity (Wildman–Crippen MR) is 324 cm³/mol. The number of ether oxygens (including phenoxy) is 9. The Morgan fingerprint density at radius 1 is 0.889 bits per heavy atom. The van der Waals surface area contributed by atoms with Crippen molar-refractivity contribution >= 4 is 59.2 Å². The molecule has 5 aromatic heterocycles. The number of benzene rings is 2. The van der Waals surface area contributed by atoms with Crippen molar-refractivity contribution in [2.75, 3.05) is 91.5 Å². The zero-order valence-electron chi connectivity index (χ0n) is 50.6. The third-order valence-electron chi connectivity index (χ3n) is 15.9. The van der Waals surface area contributed by atoms with Crippen LogP contribution < -0.4 is 25.8 Å². The first-order chi connectivity index (χ1) is 43.3. The van der Waals surface area contributed by atoms with Gasteiger partial charge in [-0.1, -0.05) is 42.5 Å². The molecule has 2 amide bonds. The van der Waals surface area contributed by atoms with Crippen LogP contribution >= 0.6 is 11.6 Å². The van der Waals surface area contributed by atoms with Crippen LogP contribution in [0, 0.1) is 0 Å². The topological polar surface area (TPSA) is 263 Å². The highest BCUT2D eigenvalue weighted by atomic mass is 35.5. The SMILES string of the molecule is CN1CC[C@@H](Nc2cccc3c2cc(-c2noc(Cc4nn(CCOCCOCC(=O)NCCOc5ccc(-c6nc7nc(O[C@@H]8CO[C@H]9[C@@H]8OC[C@H]9OC8CCCCO8)n(COCC[Si](C)(C)C)c7cc6Cl)cc5)cc4C(N)=O)n2)n3CC(F)(F)F)[C@@H](F)C1. The second kappa shape index (κ2) is 28.8. The number of nitrogens with one attached hydrogen (secondary N) is 2. The summed E-state index contributed by atoms with van der Waals surface area (Å²) >= 11 is 6.95. The molecule has 90 heavy (non-hydrogen) atoms. The summed E-state index contributed by atoms with van der Waals surface area (Å²) in [6.07, 6.45) is -2.69. The van der Waals surface area contributed by atoms with Gasteiger partial charge in [-0.15, -0.1) is 0 Å². The molecule has 9 heterocycles. The third-order valence-corrected chi connectivity index (χ3v) is 17.9. The molecule has 4 N–H and O–H groups in total. The number of fused-ring (bicyclic) bond motifs is 3. The average molecular weight is 1300 g/mol. The number of amides is 2. The van der Waals surface area contributed by atoms with E-state index in [9.17, 15) is 22.8 Å². The Labute approximate surface area is 522 Å². The van der Waals surface area contributed by atoms with E-state index in [0.29, 0.717) is 84.1 Å². The average Bonchev–Trinajstić information content (AvgIpc) is 1.62. The van der Waals surface area contributed by atoms with Crippen molar-refractivity contribution in [1.82, 2.24) is 49.2 Å². The number of carbonyl (C=O) groups excluding carboxylic acids is 2. The summed E-state index contributed by atoms with van der Waals surface area (Å²) in [5, 5.41) is 15.3. The molecule has 7 aromatic rings. The Hall–Kier alpha value is -6.80. The normalized spacial score (nSPS) is 21.5. The highest BCUT2D eigenvalue weighted by Gasteiger charge is 2.51. The largest absolute Gasteiger partial charge is 0.492 e. The lowest BCUT2D eigenvalue weighted by atomic mass is 10.0. The van der Waals surface area contributed by atoms with Gasteiger partial charge in [0.1, 0.15) is 56.7 Å². The smallest absolute Gasteiger partial charge is 0.406 e. The number of hydrogen-bond donors (Lipinski definition) is 3. The van der Waals surface area contributed by atoms with Crippen LogP contribution in [0.3, 0.4) is 0 Å². The van der Waals surface area contributed by atoms with E-state index >= 15 is 4.39 Å². The van der Waals surface area contributed by atoms with Crippen molar-refractivity contribution in [2.24, 2.45) is 5.73 Å². The van der Waals surface area contributed by atoms with Gasteiger partial charge < -0.3 is 73.0 Å². The van der Waals surface area contributed by atoms with Gasteiger partial charge in [0, 0.05) is 57.2 Å². The van der Waals surface area contributed by atoms with Crippen LogP contribution in [0.1, 0.15) is 47.6 Å². The van der Waals surface area contributed by atoms with Crippen LogP contribution in [0.4, 0.5) is 23.2 Å². The molecule has 2 aromatic carbocycles. The van der Waals surface area contributed by atoms with Gasteiger partial charge in [-0.2, -0.15) is 28.2 Å². The highest BCUT2D eigenvalue weighted by molar-refractivity contribution is 6.76. The Morgan fingerprint density at radius 2 is 1.69 bits per heavy atom. The van der Waals surface area contributed by atoms with Crippen LogP contribution in [0.15, 0.2) is 65.3 Å². The summed E-state index contributed by atoms with van der Waals surface area (Å²) in [4.78, 5) is 41.1. The van der Waals surface area contributed by atoms with E-state index in [-0.39, 0.29) is 131 Å². The fraction of sp³-hybridized carbons (Fsp3) is 0.550. The van der Waals surface area contributed by atoms with Gasteiger partial charge in [0.25, 0.3) is 5.91 Å². The molecule has 0 saturated carbocycles. The molecular formula is C60H75ClF4N12O12Si. The molecule has 4 aliphatic heterocycles. The van der Waals surface area contributed by atoms with Crippen molar-refractivity contribution in [3.8, 4) is 34.5 Å². The number of aromatic nitrogens is 8. The van der Waals surface area contributed by atoms with Gasteiger partial charge in [-0.05, 0) is 87.3 Å². The fourth-order valence-electron chi connectivity index (χ4n) is 11.3. The van der Waals surface area contributed by atoms with Crippen LogP contribution in [0.2, 0.25) is 30.7 Å². The summed E-state index contributed by atoms with van der Waals surface area (Å²) < 4.78 is 121. The van der Waals surface area contributed by atoms with Gasteiger partial charge in [0.05, 0.1) is 97.3 Å². The molecule has 0 spiro atoms. The molecular weight excluding hydrogens is 1220 g/mol.